The molecule has 5 nitrogen and oxygen atoms in total. The van der Waals surface area contributed by atoms with Gasteiger partial charge in [-0.25, -0.2) is 8.42 Å². The molecule has 1 aromatic rings. The summed E-state index contributed by atoms with van der Waals surface area (Å²) in [5.41, 5.74) is 0.730. The second kappa shape index (κ2) is 6.84. The van der Waals surface area contributed by atoms with Gasteiger partial charge in [0.05, 0.1) is 4.90 Å². The summed E-state index contributed by atoms with van der Waals surface area (Å²) < 4.78 is 27.1. The Morgan fingerprint density at radius 1 is 1.04 bits per heavy atom. The molecule has 0 atom stereocenters. The average molecular weight is 403 g/mol. The second-order valence-corrected chi connectivity index (χ2v) is 11.7. The van der Waals surface area contributed by atoms with E-state index in [1.54, 1.807) is 24.3 Å². The fourth-order valence-corrected chi connectivity index (χ4v) is 8.32. The van der Waals surface area contributed by atoms with E-state index in [1.807, 2.05) is 0 Å². The van der Waals surface area contributed by atoms with E-state index in [9.17, 15) is 13.2 Å². The topological polar surface area (TPSA) is 66.5 Å². The Hall–Kier alpha value is -1.40. The van der Waals surface area contributed by atoms with Crippen LogP contribution in [0.5, 0.6) is 0 Å². The van der Waals surface area contributed by atoms with Crippen molar-refractivity contribution in [3.63, 3.8) is 0 Å². The van der Waals surface area contributed by atoms with E-state index in [0.717, 1.165) is 37.1 Å². The SMILES string of the molecule is O=C(NCC12CC3CC(CC(C3)C1)C2)c1cccc(S(=O)(=O)N2CCCC2)c1. The Morgan fingerprint density at radius 2 is 1.64 bits per heavy atom. The van der Waals surface area contributed by atoms with Crippen LogP contribution in [0.2, 0.25) is 0 Å². The van der Waals surface area contributed by atoms with Gasteiger partial charge in [-0.05, 0) is 92.7 Å². The van der Waals surface area contributed by atoms with Gasteiger partial charge in [0.2, 0.25) is 10.0 Å². The highest BCUT2D eigenvalue weighted by atomic mass is 32.2. The zero-order chi connectivity index (χ0) is 19.4. The van der Waals surface area contributed by atoms with Crippen LogP contribution in [0.25, 0.3) is 0 Å². The lowest BCUT2D eigenvalue weighted by atomic mass is 9.49. The first-order chi connectivity index (χ1) is 13.4. The number of nitrogens with zero attached hydrogens (tertiary/aromatic N) is 1. The fraction of sp³-hybridized carbons (Fsp3) is 0.682. The van der Waals surface area contributed by atoms with E-state index in [1.165, 1.54) is 42.8 Å². The van der Waals surface area contributed by atoms with Gasteiger partial charge in [0.1, 0.15) is 0 Å². The van der Waals surface area contributed by atoms with Crippen LogP contribution in [0.1, 0.15) is 61.7 Å². The lowest BCUT2D eigenvalue weighted by Gasteiger charge is -2.56. The van der Waals surface area contributed by atoms with Gasteiger partial charge >= 0.3 is 0 Å². The van der Waals surface area contributed by atoms with Crippen molar-refractivity contribution < 1.29 is 13.2 Å². The molecule has 4 saturated carbocycles. The Labute approximate surface area is 167 Å². The maximum Gasteiger partial charge on any atom is 0.251 e. The molecule has 0 unspecified atom stereocenters. The van der Waals surface area contributed by atoms with Crippen LogP contribution < -0.4 is 5.32 Å². The minimum atomic E-state index is -3.49. The summed E-state index contributed by atoms with van der Waals surface area (Å²) in [4.78, 5) is 13.1. The molecule has 152 valence electrons. The van der Waals surface area contributed by atoms with Crippen molar-refractivity contribution in [3.8, 4) is 0 Å². The third kappa shape index (κ3) is 3.28. The predicted molar refractivity (Wildman–Crippen MR) is 107 cm³/mol. The predicted octanol–water partition coefficient (Wildman–Crippen LogP) is 3.42. The normalized spacial score (nSPS) is 34.6. The van der Waals surface area contributed by atoms with E-state index >= 15 is 0 Å². The molecule has 4 bridgehead atoms. The summed E-state index contributed by atoms with van der Waals surface area (Å²) in [5.74, 6) is 2.43. The van der Waals surface area contributed by atoms with Gasteiger partial charge in [-0.3, -0.25) is 4.79 Å². The van der Waals surface area contributed by atoms with E-state index < -0.39 is 10.0 Å². The molecule has 6 rings (SSSR count). The smallest absolute Gasteiger partial charge is 0.251 e. The molecule has 1 N–H and O–H groups in total. The van der Waals surface area contributed by atoms with Crippen molar-refractivity contribution in [2.45, 2.75) is 56.3 Å². The van der Waals surface area contributed by atoms with Gasteiger partial charge in [-0.2, -0.15) is 4.31 Å². The molecule has 1 heterocycles. The Morgan fingerprint density at radius 3 is 2.25 bits per heavy atom. The van der Waals surface area contributed by atoms with E-state index in [-0.39, 0.29) is 16.2 Å². The van der Waals surface area contributed by atoms with Crippen molar-refractivity contribution in [1.29, 1.82) is 0 Å². The summed E-state index contributed by atoms with van der Waals surface area (Å²) in [7, 11) is -3.49. The number of benzene rings is 1. The molecule has 6 heteroatoms. The zero-order valence-electron chi connectivity index (χ0n) is 16.4. The minimum Gasteiger partial charge on any atom is -0.351 e. The van der Waals surface area contributed by atoms with Gasteiger partial charge in [0.25, 0.3) is 5.91 Å². The minimum absolute atomic E-state index is 0.144. The number of hydrogen-bond donors (Lipinski definition) is 1. The summed E-state index contributed by atoms with van der Waals surface area (Å²) in [5, 5.41) is 3.16. The summed E-state index contributed by atoms with van der Waals surface area (Å²) in [6.45, 7) is 1.88. The van der Waals surface area contributed by atoms with Crippen molar-refractivity contribution in [3.05, 3.63) is 29.8 Å². The van der Waals surface area contributed by atoms with E-state index in [4.69, 9.17) is 0 Å². The molecule has 1 aromatic carbocycles. The van der Waals surface area contributed by atoms with Crippen molar-refractivity contribution in [1.82, 2.24) is 9.62 Å². The molecule has 4 aliphatic carbocycles. The summed E-state index contributed by atoms with van der Waals surface area (Å²) >= 11 is 0. The molecule has 1 aliphatic heterocycles. The van der Waals surface area contributed by atoms with Crippen LogP contribution >= 0.6 is 0 Å². The largest absolute Gasteiger partial charge is 0.351 e. The Bertz CT molecular complexity index is 838. The quantitative estimate of drug-likeness (QED) is 0.821. The molecular weight excluding hydrogens is 372 g/mol. The Balaban J connectivity index is 1.28. The molecule has 0 radical (unpaired) electrons. The van der Waals surface area contributed by atoms with Crippen LogP contribution in [0.4, 0.5) is 0 Å². The molecule has 5 fully saturated rings. The number of sulfonamides is 1. The van der Waals surface area contributed by atoms with Crippen LogP contribution in [-0.2, 0) is 10.0 Å². The van der Waals surface area contributed by atoms with Gasteiger partial charge in [-0.15, -0.1) is 0 Å². The molecule has 0 spiro atoms. The summed E-state index contributed by atoms with van der Waals surface area (Å²) in [6.07, 6.45) is 9.75. The molecule has 5 aliphatic rings. The van der Waals surface area contributed by atoms with Crippen LogP contribution in [0.3, 0.4) is 0 Å². The van der Waals surface area contributed by atoms with Crippen LogP contribution in [-0.4, -0.2) is 38.3 Å². The highest BCUT2D eigenvalue weighted by molar-refractivity contribution is 7.89. The van der Waals surface area contributed by atoms with Crippen molar-refractivity contribution in [2.75, 3.05) is 19.6 Å². The number of carbonyl (C=O) groups excluding carboxylic acids is 1. The number of nitrogens with one attached hydrogen (secondary N) is 1. The van der Waals surface area contributed by atoms with E-state index in [2.05, 4.69) is 5.32 Å². The first kappa shape index (κ1) is 18.6. The van der Waals surface area contributed by atoms with Gasteiger partial charge in [-0.1, -0.05) is 6.07 Å². The van der Waals surface area contributed by atoms with Gasteiger partial charge < -0.3 is 5.32 Å². The summed E-state index contributed by atoms with van der Waals surface area (Å²) in [6, 6.07) is 6.55. The molecular formula is C22H30N2O3S. The standard InChI is InChI=1S/C22H30N2O3S/c25-21(23-15-22-12-16-8-17(13-22)10-18(9-16)14-22)19-4-3-5-20(11-19)28(26,27)24-6-1-2-7-24/h3-5,11,16-18H,1-2,6-10,12-15H2,(H,23,25). The maximum absolute atomic E-state index is 12.8. The van der Waals surface area contributed by atoms with Crippen molar-refractivity contribution in [2.24, 2.45) is 23.2 Å². The van der Waals surface area contributed by atoms with Crippen LogP contribution in [0.15, 0.2) is 29.2 Å². The lowest BCUT2D eigenvalue weighted by Crippen LogP contribution is -2.51. The first-order valence-electron chi connectivity index (χ1n) is 10.8. The third-order valence-electron chi connectivity index (χ3n) is 7.59. The van der Waals surface area contributed by atoms with Crippen molar-refractivity contribution >= 4 is 15.9 Å². The zero-order valence-corrected chi connectivity index (χ0v) is 17.2. The average Bonchev–Trinajstić information content (AvgIpc) is 3.21. The fourth-order valence-electron chi connectivity index (χ4n) is 6.75. The molecule has 1 saturated heterocycles. The molecule has 1 amide bonds. The molecule has 28 heavy (non-hydrogen) atoms. The van der Waals surface area contributed by atoms with Crippen LogP contribution in [0, 0.1) is 23.2 Å². The highest BCUT2D eigenvalue weighted by Gasteiger charge is 2.50. The second-order valence-electron chi connectivity index (χ2n) is 9.74. The Kier molecular flexibility index (Phi) is 4.55. The number of carbonyl (C=O) groups is 1. The highest BCUT2D eigenvalue weighted by Crippen LogP contribution is 2.59. The van der Waals surface area contributed by atoms with Gasteiger partial charge in [0, 0.05) is 25.2 Å². The van der Waals surface area contributed by atoms with E-state index in [0.29, 0.717) is 18.7 Å². The first-order valence-corrected chi connectivity index (χ1v) is 12.3. The monoisotopic (exact) mass is 402 g/mol. The number of hydrogen-bond acceptors (Lipinski definition) is 3. The number of amides is 1. The van der Waals surface area contributed by atoms with Gasteiger partial charge in [0.15, 0.2) is 0 Å². The maximum atomic E-state index is 12.8. The number of rotatable bonds is 5. The molecule has 0 aromatic heterocycles. The lowest BCUT2D eigenvalue weighted by molar-refractivity contribution is -0.0503. The third-order valence-corrected chi connectivity index (χ3v) is 9.48.